The van der Waals surface area contributed by atoms with Crippen molar-refractivity contribution in [2.24, 2.45) is 0 Å². The van der Waals surface area contributed by atoms with Crippen LogP contribution >= 0.6 is 0 Å². The van der Waals surface area contributed by atoms with Crippen molar-refractivity contribution in [2.75, 3.05) is 0 Å². The lowest BCUT2D eigenvalue weighted by Gasteiger charge is -2.09. The lowest BCUT2D eigenvalue weighted by atomic mass is 9.96. The Kier molecular flexibility index (Phi) is 2.87. The maximum absolute atomic E-state index is 9.85. The molecular weight excluding hydrogens is 172 g/mol. The van der Waals surface area contributed by atoms with Crippen LogP contribution in [0.25, 0.3) is 0 Å². The van der Waals surface area contributed by atoms with Gasteiger partial charge in [0.25, 0.3) is 0 Å². The summed E-state index contributed by atoms with van der Waals surface area (Å²) in [5.74, 6) is 0.598. The van der Waals surface area contributed by atoms with E-state index in [9.17, 15) is 5.11 Å². The molecule has 1 aromatic carbocycles. The second-order valence-corrected chi connectivity index (χ2v) is 4.22. The summed E-state index contributed by atoms with van der Waals surface area (Å²) >= 11 is 0. The van der Waals surface area contributed by atoms with E-state index in [-0.39, 0.29) is 6.10 Å². The van der Waals surface area contributed by atoms with Gasteiger partial charge in [-0.25, -0.2) is 0 Å². The van der Waals surface area contributed by atoms with Crippen LogP contribution in [0.5, 0.6) is 0 Å². The third kappa shape index (κ3) is 1.69. The minimum Gasteiger partial charge on any atom is -0.388 e. The van der Waals surface area contributed by atoms with E-state index >= 15 is 0 Å². The quantitative estimate of drug-likeness (QED) is 0.774. The van der Waals surface area contributed by atoms with Crippen molar-refractivity contribution in [3.8, 4) is 0 Å². The van der Waals surface area contributed by atoms with E-state index in [1.165, 1.54) is 24.8 Å². The molecule has 0 amide bonds. The molecule has 0 aliphatic heterocycles. The molecule has 0 saturated heterocycles. The fraction of sp³-hybridized carbons (Fsp3) is 0.538. The molecule has 0 bridgehead atoms. The maximum atomic E-state index is 9.85. The highest BCUT2D eigenvalue weighted by Crippen LogP contribution is 2.42. The summed E-state index contributed by atoms with van der Waals surface area (Å²) in [6.07, 6.45) is 4.46. The lowest BCUT2D eigenvalue weighted by molar-refractivity contribution is 0.171. The van der Waals surface area contributed by atoms with Gasteiger partial charge in [-0.05, 0) is 29.9 Å². The van der Waals surface area contributed by atoms with Crippen molar-refractivity contribution in [1.29, 1.82) is 0 Å². The molecule has 0 radical (unpaired) electrons. The first-order valence-corrected chi connectivity index (χ1v) is 5.59. The van der Waals surface area contributed by atoms with Crippen LogP contribution in [-0.2, 0) is 0 Å². The van der Waals surface area contributed by atoms with Gasteiger partial charge in [0.2, 0.25) is 0 Å². The van der Waals surface area contributed by atoms with Crippen LogP contribution in [0.15, 0.2) is 24.3 Å². The van der Waals surface area contributed by atoms with Crippen molar-refractivity contribution in [1.82, 2.24) is 0 Å². The first kappa shape index (κ1) is 9.72. The Morgan fingerprint density at radius 1 is 1.29 bits per heavy atom. The van der Waals surface area contributed by atoms with E-state index < -0.39 is 0 Å². The summed E-state index contributed by atoms with van der Waals surface area (Å²) in [5, 5.41) is 9.85. The largest absolute Gasteiger partial charge is 0.388 e. The Labute approximate surface area is 85.8 Å². The normalized spacial score (nSPS) is 25.0. The van der Waals surface area contributed by atoms with Crippen LogP contribution in [0, 0.1) is 0 Å². The van der Waals surface area contributed by atoms with E-state index in [2.05, 4.69) is 25.1 Å². The average molecular weight is 190 g/mol. The van der Waals surface area contributed by atoms with E-state index in [1.54, 1.807) is 0 Å². The number of aliphatic hydroxyl groups excluding tert-OH is 1. The standard InChI is InChI=1S/C13H18O/c1-2-3-6-10-9-13(14)12-8-5-4-7-11(10)12/h4-5,7-8,10,13-14H,2-3,6,9H2,1H3/t10-,13+/m1/s1. The summed E-state index contributed by atoms with van der Waals surface area (Å²) < 4.78 is 0. The minimum atomic E-state index is -0.215. The van der Waals surface area contributed by atoms with Gasteiger partial charge in [0, 0.05) is 0 Å². The molecule has 2 rings (SSSR count). The molecule has 1 aromatic rings. The zero-order valence-corrected chi connectivity index (χ0v) is 8.74. The van der Waals surface area contributed by atoms with Gasteiger partial charge in [-0.3, -0.25) is 0 Å². The third-order valence-corrected chi connectivity index (χ3v) is 3.21. The Hall–Kier alpha value is -0.820. The van der Waals surface area contributed by atoms with E-state index in [4.69, 9.17) is 0 Å². The minimum absolute atomic E-state index is 0.215. The number of hydrogen-bond donors (Lipinski definition) is 1. The number of fused-ring (bicyclic) bond motifs is 1. The van der Waals surface area contributed by atoms with Gasteiger partial charge in [0.05, 0.1) is 6.10 Å². The topological polar surface area (TPSA) is 20.2 Å². The number of unbranched alkanes of at least 4 members (excludes halogenated alkanes) is 1. The third-order valence-electron chi connectivity index (χ3n) is 3.21. The van der Waals surface area contributed by atoms with E-state index in [0.29, 0.717) is 5.92 Å². The predicted molar refractivity (Wildman–Crippen MR) is 58.3 cm³/mol. The highest BCUT2D eigenvalue weighted by Gasteiger charge is 2.28. The molecule has 0 saturated carbocycles. The van der Waals surface area contributed by atoms with Gasteiger partial charge in [-0.2, -0.15) is 0 Å². The van der Waals surface area contributed by atoms with Crippen molar-refractivity contribution in [3.05, 3.63) is 35.4 Å². The summed E-state index contributed by atoms with van der Waals surface area (Å²) in [4.78, 5) is 0. The van der Waals surface area contributed by atoms with Gasteiger partial charge in [0.1, 0.15) is 0 Å². The molecule has 1 heteroatoms. The molecule has 0 fully saturated rings. The second kappa shape index (κ2) is 4.14. The molecule has 2 atom stereocenters. The first-order chi connectivity index (χ1) is 6.83. The summed E-state index contributed by atoms with van der Waals surface area (Å²) in [5.41, 5.74) is 2.54. The van der Waals surface area contributed by atoms with Gasteiger partial charge >= 0.3 is 0 Å². The van der Waals surface area contributed by atoms with Crippen molar-refractivity contribution < 1.29 is 5.11 Å². The maximum Gasteiger partial charge on any atom is 0.0798 e. The summed E-state index contributed by atoms with van der Waals surface area (Å²) in [6.45, 7) is 2.22. The number of aliphatic hydroxyl groups is 1. The molecule has 0 unspecified atom stereocenters. The van der Waals surface area contributed by atoms with Gasteiger partial charge in [-0.1, -0.05) is 44.0 Å². The lowest BCUT2D eigenvalue weighted by Crippen LogP contribution is -1.93. The highest BCUT2D eigenvalue weighted by molar-refractivity contribution is 5.36. The number of hydrogen-bond acceptors (Lipinski definition) is 1. The predicted octanol–water partition coefficient (Wildman–Crippen LogP) is 3.40. The van der Waals surface area contributed by atoms with Gasteiger partial charge in [0.15, 0.2) is 0 Å². The highest BCUT2D eigenvalue weighted by atomic mass is 16.3. The van der Waals surface area contributed by atoms with Crippen molar-refractivity contribution >= 4 is 0 Å². The first-order valence-electron chi connectivity index (χ1n) is 5.59. The Bertz CT molecular complexity index is 306. The smallest absolute Gasteiger partial charge is 0.0798 e. The van der Waals surface area contributed by atoms with E-state index in [1.807, 2.05) is 6.07 Å². The molecule has 1 aliphatic rings. The Morgan fingerprint density at radius 3 is 2.71 bits per heavy atom. The molecular formula is C13H18O. The van der Waals surface area contributed by atoms with Crippen LogP contribution in [-0.4, -0.2) is 5.11 Å². The van der Waals surface area contributed by atoms with Crippen molar-refractivity contribution in [3.63, 3.8) is 0 Å². The fourth-order valence-corrected chi connectivity index (χ4v) is 2.43. The van der Waals surface area contributed by atoms with Crippen LogP contribution in [0.3, 0.4) is 0 Å². The van der Waals surface area contributed by atoms with E-state index in [0.717, 1.165) is 12.0 Å². The Morgan fingerprint density at radius 2 is 2.00 bits per heavy atom. The second-order valence-electron chi connectivity index (χ2n) is 4.22. The molecule has 0 aromatic heterocycles. The van der Waals surface area contributed by atoms with Gasteiger partial charge < -0.3 is 5.11 Å². The summed E-state index contributed by atoms with van der Waals surface area (Å²) in [7, 11) is 0. The van der Waals surface area contributed by atoms with Crippen LogP contribution in [0.1, 0.15) is 55.8 Å². The number of benzene rings is 1. The van der Waals surface area contributed by atoms with Crippen molar-refractivity contribution in [2.45, 2.75) is 44.6 Å². The number of rotatable bonds is 3. The Balaban J connectivity index is 2.17. The fourth-order valence-electron chi connectivity index (χ4n) is 2.43. The van der Waals surface area contributed by atoms with Crippen LogP contribution in [0.2, 0.25) is 0 Å². The van der Waals surface area contributed by atoms with Crippen LogP contribution in [0.4, 0.5) is 0 Å². The van der Waals surface area contributed by atoms with Crippen LogP contribution < -0.4 is 0 Å². The monoisotopic (exact) mass is 190 g/mol. The summed E-state index contributed by atoms with van der Waals surface area (Å²) in [6, 6.07) is 8.33. The molecule has 1 N–H and O–H groups in total. The molecule has 14 heavy (non-hydrogen) atoms. The zero-order chi connectivity index (χ0) is 9.97. The molecule has 0 heterocycles. The molecule has 1 nitrogen and oxygen atoms in total. The zero-order valence-electron chi connectivity index (χ0n) is 8.74. The van der Waals surface area contributed by atoms with Gasteiger partial charge in [-0.15, -0.1) is 0 Å². The average Bonchev–Trinajstić information content (AvgIpc) is 2.54. The SMILES string of the molecule is CCCC[C@@H]1C[C@H](O)c2ccccc21. The molecule has 0 spiro atoms. The molecule has 1 aliphatic carbocycles. The molecule has 76 valence electrons.